The van der Waals surface area contributed by atoms with Crippen LogP contribution in [0.5, 0.6) is 0 Å². The van der Waals surface area contributed by atoms with E-state index in [0.29, 0.717) is 0 Å². The van der Waals surface area contributed by atoms with E-state index in [4.69, 9.17) is 18.0 Å². The summed E-state index contributed by atoms with van der Waals surface area (Å²) >= 11 is 4.79. The fourth-order valence-electron chi connectivity index (χ4n) is 1.71. The van der Waals surface area contributed by atoms with Gasteiger partial charge in [0.2, 0.25) is 0 Å². The summed E-state index contributed by atoms with van der Waals surface area (Å²) in [5.41, 5.74) is 12.1. The predicted octanol–water partition coefficient (Wildman–Crippen LogP) is 2.58. The van der Waals surface area contributed by atoms with Crippen molar-refractivity contribution in [3.63, 3.8) is 0 Å². The average molecular weight is 269 g/mol. The van der Waals surface area contributed by atoms with Crippen molar-refractivity contribution in [2.45, 2.75) is 6.92 Å². The minimum atomic E-state index is 0.153. The van der Waals surface area contributed by atoms with Gasteiger partial charge in [-0.2, -0.15) is 5.10 Å². The number of thiocarbonyl (C=S) groups is 1. The highest BCUT2D eigenvalue weighted by atomic mass is 32.1. The SMILES string of the molecule is Cc1ccc(/C(=N/NC(N)=S)c2ccccc2)cc1. The summed E-state index contributed by atoms with van der Waals surface area (Å²) < 4.78 is 0. The quantitative estimate of drug-likeness (QED) is 0.511. The molecule has 0 heterocycles. The first-order valence-corrected chi connectivity index (χ1v) is 6.33. The Morgan fingerprint density at radius 1 is 1.00 bits per heavy atom. The maximum Gasteiger partial charge on any atom is 0.184 e. The van der Waals surface area contributed by atoms with Crippen LogP contribution in [0, 0.1) is 6.92 Å². The summed E-state index contributed by atoms with van der Waals surface area (Å²) in [6.45, 7) is 2.05. The van der Waals surface area contributed by atoms with Gasteiger partial charge in [0.1, 0.15) is 0 Å². The van der Waals surface area contributed by atoms with Gasteiger partial charge in [-0.25, -0.2) is 0 Å². The van der Waals surface area contributed by atoms with Gasteiger partial charge < -0.3 is 5.73 Å². The first kappa shape index (κ1) is 13.2. The molecular weight excluding hydrogens is 254 g/mol. The van der Waals surface area contributed by atoms with Crippen molar-refractivity contribution in [1.82, 2.24) is 5.43 Å². The molecule has 0 aliphatic heterocycles. The largest absolute Gasteiger partial charge is 0.375 e. The van der Waals surface area contributed by atoms with E-state index in [1.807, 2.05) is 42.5 Å². The molecule has 0 radical (unpaired) electrons. The molecule has 0 bridgehead atoms. The Morgan fingerprint density at radius 3 is 2.16 bits per heavy atom. The molecule has 2 rings (SSSR count). The lowest BCUT2D eigenvalue weighted by molar-refractivity contribution is 1.03. The molecule has 2 aromatic rings. The van der Waals surface area contributed by atoms with Gasteiger partial charge in [0.15, 0.2) is 5.11 Å². The summed E-state index contributed by atoms with van der Waals surface area (Å²) in [6.07, 6.45) is 0. The number of nitrogens with one attached hydrogen (secondary N) is 1. The van der Waals surface area contributed by atoms with Crippen molar-refractivity contribution in [2.24, 2.45) is 10.8 Å². The molecule has 0 fully saturated rings. The highest BCUT2D eigenvalue weighted by molar-refractivity contribution is 7.80. The fourth-order valence-corrected chi connectivity index (χ4v) is 1.76. The molecule has 0 unspecified atom stereocenters. The van der Waals surface area contributed by atoms with Crippen LogP contribution in [-0.4, -0.2) is 10.8 Å². The summed E-state index contributed by atoms with van der Waals surface area (Å²) in [6, 6.07) is 18.1. The monoisotopic (exact) mass is 269 g/mol. The molecule has 0 saturated heterocycles. The molecular formula is C15H15N3S. The second kappa shape index (κ2) is 6.11. The number of nitrogens with two attached hydrogens (primary N) is 1. The molecule has 0 amide bonds. The lowest BCUT2D eigenvalue weighted by Gasteiger charge is -2.08. The lowest BCUT2D eigenvalue weighted by atomic mass is 10.0. The van der Waals surface area contributed by atoms with Crippen molar-refractivity contribution < 1.29 is 0 Å². The third kappa shape index (κ3) is 3.63. The molecule has 0 saturated carbocycles. The standard InChI is InChI=1S/C15H15N3S/c1-11-7-9-13(10-8-11)14(17-18-15(16)19)12-5-3-2-4-6-12/h2-10H,1H3,(H3,16,18,19)/b17-14+. The van der Waals surface area contributed by atoms with Crippen LogP contribution in [0.2, 0.25) is 0 Å². The highest BCUT2D eigenvalue weighted by Gasteiger charge is 2.06. The molecule has 3 nitrogen and oxygen atoms in total. The van der Waals surface area contributed by atoms with Gasteiger partial charge in [0.25, 0.3) is 0 Å². The molecule has 0 spiro atoms. The normalized spacial score (nSPS) is 11.1. The number of benzene rings is 2. The van der Waals surface area contributed by atoms with Crippen LogP contribution in [0.25, 0.3) is 0 Å². The number of aryl methyl sites for hydroxylation is 1. The van der Waals surface area contributed by atoms with Crippen molar-refractivity contribution >= 4 is 23.0 Å². The van der Waals surface area contributed by atoms with Gasteiger partial charge in [-0.05, 0) is 19.1 Å². The number of hydrogen-bond acceptors (Lipinski definition) is 2. The van der Waals surface area contributed by atoms with Crippen molar-refractivity contribution in [1.29, 1.82) is 0 Å². The van der Waals surface area contributed by atoms with Crippen LogP contribution in [0.15, 0.2) is 59.7 Å². The lowest BCUT2D eigenvalue weighted by Crippen LogP contribution is -2.26. The van der Waals surface area contributed by atoms with Crippen LogP contribution >= 0.6 is 12.2 Å². The van der Waals surface area contributed by atoms with Crippen LogP contribution < -0.4 is 11.2 Å². The molecule has 96 valence electrons. The second-order valence-electron chi connectivity index (χ2n) is 4.17. The Balaban J connectivity index is 2.43. The first-order valence-electron chi connectivity index (χ1n) is 5.92. The second-order valence-corrected chi connectivity index (χ2v) is 4.61. The van der Waals surface area contributed by atoms with Gasteiger partial charge in [-0.15, -0.1) is 0 Å². The van der Waals surface area contributed by atoms with Gasteiger partial charge >= 0.3 is 0 Å². The summed E-state index contributed by atoms with van der Waals surface area (Å²) in [5.74, 6) is 0. The third-order valence-corrected chi connectivity index (χ3v) is 2.74. The number of nitrogens with zero attached hydrogens (tertiary/aromatic N) is 1. The first-order chi connectivity index (χ1) is 9.16. The molecule has 0 aromatic heterocycles. The molecule has 0 atom stereocenters. The average Bonchev–Trinajstić information content (AvgIpc) is 2.42. The Morgan fingerprint density at radius 2 is 1.58 bits per heavy atom. The highest BCUT2D eigenvalue weighted by Crippen LogP contribution is 2.11. The number of hydrazone groups is 1. The Labute approximate surface area is 118 Å². The fraction of sp³-hybridized carbons (Fsp3) is 0.0667. The Hall–Kier alpha value is -2.20. The molecule has 19 heavy (non-hydrogen) atoms. The Bertz CT molecular complexity index is 589. The van der Waals surface area contributed by atoms with Crippen molar-refractivity contribution in [3.8, 4) is 0 Å². The van der Waals surface area contributed by atoms with Gasteiger partial charge in [-0.1, -0.05) is 60.2 Å². The van der Waals surface area contributed by atoms with E-state index >= 15 is 0 Å². The van der Waals surface area contributed by atoms with Crippen LogP contribution in [0.3, 0.4) is 0 Å². The van der Waals surface area contributed by atoms with Crippen LogP contribution in [0.4, 0.5) is 0 Å². The molecule has 4 heteroatoms. The molecule has 0 aliphatic rings. The molecule has 3 N–H and O–H groups in total. The van der Waals surface area contributed by atoms with E-state index in [1.54, 1.807) is 0 Å². The van der Waals surface area contributed by atoms with E-state index < -0.39 is 0 Å². The summed E-state index contributed by atoms with van der Waals surface area (Å²) in [5, 5.41) is 4.45. The zero-order valence-electron chi connectivity index (χ0n) is 10.6. The van der Waals surface area contributed by atoms with Gasteiger partial charge in [0.05, 0.1) is 5.71 Å². The Kier molecular flexibility index (Phi) is 4.26. The van der Waals surface area contributed by atoms with Crippen molar-refractivity contribution in [3.05, 3.63) is 71.3 Å². The maximum atomic E-state index is 5.43. The maximum absolute atomic E-state index is 5.43. The van der Waals surface area contributed by atoms with E-state index in [9.17, 15) is 0 Å². The topological polar surface area (TPSA) is 50.4 Å². The molecule has 2 aromatic carbocycles. The molecule has 0 aliphatic carbocycles. The third-order valence-electron chi connectivity index (χ3n) is 2.65. The number of hydrogen-bond donors (Lipinski definition) is 2. The minimum absolute atomic E-state index is 0.153. The van der Waals surface area contributed by atoms with Gasteiger partial charge in [-0.3, -0.25) is 5.43 Å². The summed E-state index contributed by atoms with van der Waals surface area (Å²) in [7, 11) is 0. The van der Waals surface area contributed by atoms with Gasteiger partial charge in [0, 0.05) is 11.1 Å². The van der Waals surface area contributed by atoms with E-state index in [2.05, 4.69) is 29.6 Å². The summed E-state index contributed by atoms with van der Waals surface area (Å²) in [4.78, 5) is 0. The van der Waals surface area contributed by atoms with E-state index in [-0.39, 0.29) is 5.11 Å². The van der Waals surface area contributed by atoms with Crippen LogP contribution in [-0.2, 0) is 0 Å². The minimum Gasteiger partial charge on any atom is -0.375 e. The van der Waals surface area contributed by atoms with E-state index in [0.717, 1.165) is 16.8 Å². The zero-order valence-corrected chi connectivity index (χ0v) is 11.4. The van der Waals surface area contributed by atoms with E-state index in [1.165, 1.54) is 5.56 Å². The number of rotatable bonds is 3. The predicted molar refractivity (Wildman–Crippen MR) is 83.2 cm³/mol. The zero-order chi connectivity index (χ0) is 13.7. The van der Waals surface area contributed by atoms with Crippen molar-refractivity contribution in [2.75, 3.05) is 0 Å². The van der Waals surface area contributed by atoms with Crippen LogP contribution in [0.1, 0.15) is 16.7 Å². The smallest absolute Gasteiger partial charge is 0.184 e.